The van der Waals surface area contributed by atoms with Crippen LogP contribution in [0.25, 0.3) is 0 Å². The Morgan fingerprint density at radius 1 is 1.36 bits per heavy atom. The molecule has 2 amide bonds. The fourth-order valence-corrected chi connectivity index (χ4v) is 2.65. The summed E-state index contributed by atoms with van der Waals surface area (Å²) in [5, 5.41) is 15.7. The summed E-state index contributed by atoms with van der Waals surface area (Å²) < 4.78 is 5.17. The second-order valence-corrected chi connectivity index (χ2v) is 6.36. The summed E-state index contributed by atoms with van der Waals surface area (Å²) in [4.78, 5) is 13.0. The molecule has 2 rings (SSSR count). The van der Waals surface area contributed by atoms with Gasteiger partial charge < -0.3 is 20.2 Å². The monoisotopic (exact) mass is 320 g/mol. The molecule has 0 aliphatic rings. The van der Waals surface area contributed by atoms with Crippen LogP contribution >= 0.6 is 11.8 Å². The highest BCUT2D eigenvalue weighted by molar-refractivity contribution is 7.99. The van der Waals surface area contributed by atoms with E-state index in [9.17, 15) is 9.90 Å². The number of benzene rings is 1. The summed E-state index contributed by atoms with van der Waals surface area (Å²) in [5.41, 5.74) is -0.533. The van der Waals surface area contributed by atoms with Gasteiger partial charge in [-0.15, -0.1) is 11.8 Å². The van der Waals surface area contributed by atoms with Crippen LogP contribution in [0.4, 0.5) is 10.5 Å². The number of carbonyl (C=O) groups is 1. The molecule has 1 heterocycles. The lowest BCUT2D eigenvalue weighted by atomic mass is 10.0. The number of anilines is 1. The summed E-state index contributed by atoms with van der Waals surface area (Å²) in [7, 11) is 0. The van der Waals surface area contributed by atoms with E-state index < -0.39 is 5.60 Å². The van der Waals surface area contributed by atoms with Crippen molar-refractivity contribution in [2.45, 2.75) is 24.3 Å². The van der Waals surface area contributed by atoms with E-state index in [1.165, 1.54) is 6.26 Å². The summed E-state index contributed by atoms with van der Waals surface area (Å²) in [5.74, 6) is 1.39. The SMILES string of the molecule is CCSc1cccc(NC(=O)NC[C@](C)(O)c2ccco2)c1. The van der Waals surface area contributed by atoms with Gasteiger partial charge in [0, 0.05) is 10.6 Å². The maximum Gasteiger partial charge on any atom is 0.319 e. The zero-order valence-electron chi connectivity index (χ0n) is 12.6. The van der Waals surface area contributed by atoms with Gasteiger partial charge in [-0.25, -0.2) is 4.79 Å². The molecule has 0 aliphatic carbocycles. The van der Waals surface area contributed by atoms with Gasteiger partial charge in [0.1, 0.15) is 11.4 Å². The van der Waals surface area contributed by atoms with Crippen LogP contribution in [0.15, 0.2) is 52.0 Å². The van der Waals surface area contributed by atoms with Crippen molar-refractivity contribution >= 4 is 23.5 Å². The lowest BCUT2D eigenvalue weighted by molar-refractivity contribution is 0.0372. The fraction of sp³-hybridized carbons (Fsp3) is 0.312. The average Bonchev–Trinajstić information content (AvgIpc) is 3.01. The Morgan fingerprint density at radius 2 is 2.18 bits per heavy atom. The van der Waals surface area contributed by atoms with Crippen molar-refractivity contribution in [3.8, 4) is 0 Å². The molecule has 2 aromatic rings. The Morgan fingerprint density at radius 3 is 2.86 bits per heavy atom. The molecular weight excluding hydrogens is 300 g/mol. The van der Waals surface area contributed by atoms with E-state index in [1.807, 2.05) is 24.3 Å². The highest BCUT2D eigenvalue weighted by Gasteiger charge is 2.26. The second-order valence-electron chi connectivity index (χ2n) is 5.02. The molecule has 0 aliphatic heterocycles. The molecule has 0 fully saturated rings. The standard InChI is InChI=1S/C16H20N2O3S/c1-3-22-13-7-4-6-12(10-13)18-15(19)17-11-16(2,20)14-8-5-9-21-14/h4-10,20H,3,11H2,1-2H3,(H2,17,18,19)/t16-/m0/s1. The van der Waals surface area contributed by atoms with Crippen molar-refractivity contribution in [3.63, 3.8) is 0 Å². The van der Waals surface area contributed by atoms with Crippen LogP contribution in [-0.4, -0.2) is 23.4 Å². The van der Waals surface area contributed by atoms with Crippen LogP contribution < -0.4 is 10.6 Å². The number of hydrogen-bond donors (Lipinski definition) is 3. The molecule has 3 N–H and O–H groups in total. The van der Waals surface area contributed by atoms with Crippen molar-refractivity contribution in [2.75, 3.05) is 17.6 Å². The smallest absolute Gasteiger partial charge is 0.319 e. The lowest BCUT2D eigenvalue weighted by Crippen LogP contribution is -2.40. The normalized spacial score (nSPS) is 13.4. The van der Waals surface area contributed by atoms with Crippen LogP contribution in [0.5, 0.6) is 0 Å². The summed E-state index contributed by atoms with van der Waals surface area (Å²) >= 11 is 1.71. The number of furan rings is 1. The van der Waals surface area contributed by atoms with E-state index in [4.69, 9.17) is 4.42 Å². The number of rotatable bonds is 6. The average molecular weight is 320 g/mol. The van der Waals surface area contributed by atoms with Crippen molar-refractivity contribution in [3.05, 3.63) is 48.4 Å². The van der Waals surface area contributed by atoms with Crippen molar-refractivity contribution in [1.82, 2.24) is 5.32 Å². The van der Waals surface area contributed by atoms with Crippen LogP contribution in [-0.2, 0) is 5.60 Å². The van der Waals surface area contributed by atoms with E-state index in [0.717, 1.165) is 10.6 Å². The van der Waals surface area contributed by atoms with E-state index in [-0.39, 0.29) is 12.6 Å². The first-order chi connectivity index (χ1) is 10.5. The molecule has 1 atom stereocenters. The predicted octanol–water partition coefficient (Wildman–Crippen LogP) is 3.42. The van der Waals surface area contributed by atoms with Gasteiger partial charge in [-0.2, -0.15) is 0 Å². The van der Waals surface area contributed by atoms with Gasteiger partial charge in [0.25, 0.3) is 0 Å². The van der Waals surface area contributed by atoms with E-state index in [0.29, 0.717) is 11.4 Å². The third-order valence-corrected chi connectivity index (χ3v) is 3.92. The van der Waals surface area contributed by atoms with E-state index in [2.05, 4.69) is 17.6 Å². The predicted molar refractivity (Wildman–Crippen MR) is 88.1 cm³/mol. The van der Waals surface area contributed by atoms with Crippen LogP contribution in [0, 0.1) is 0 Å². The molecule has 1 aromatic heterocycles. The fourth-order valence-electron chi connectivity index (χ4n) is 1.93. The maximum absolute atomic E-state index is 11.9. The Hall–Kier alpha value is -1.92. The summed E-state index contributed by atoms with van der Waals surface area (Å²) in [6.07, 6.45) is 1.49. The number of thioether (sulfide) groups is 1. The first kappa shape index (κ1) is 16.5. The van der Waals surface area contributed by atoms with Gasteiger partial charge in [0.15, 0.2) is 0 Å². The first-order valence-corrected chi connectivity index (χ1v) is 8.04. The number of aliphatic hydroxyl groups is 1. The van der Waals surface area contributed by atoms with Crippen LogP contribution in [0.2, 0.25) is 0 Å². The first-order valence-electron chi connectivity index (χ1n) is 7.05. The minimum Gasteiger partial charge on any atom is -0.466 e. The van der Waals surface area contributed by atoms with Gasteiger partial charge in [0.05, 0.1) is 12.8 Å². The summed E-state index contributed by atoms with van der Waals surface area (Å²) in [6, 6.07) is 10.6. The zero-order valence-corrected chi connectivity index (χ0v) is 13.4. The molecule has 0 saturated heterocycles. The molecule has 0 radical (unpaired) electrons. The number of urea groups is 1. The van der Waals surface area contributed by atoms with Crippen LogP contribution in [0.3, 0.4) is 0 Å². The van der Waals surface area contributed by atoms with Gasteiger partial charge >= 0.3 is 6.03 Å². The molecule has 5 nitrogen and oxygen atoms in total. The molecule has 6 heteroatoms. The molecular formula is C16H20N2O3S. The van der Waals surface area contributed by atoms with Crippen molar-refractivity contribution in [1.29, 1.82) is 0 Å². The van der Waals surface area contributed by atoms with Gasteiger partial charge in [-0.05, 0) is 43.0 Å². The summed E-state index contributed by atoms with van der Waals surface area (Å²) in [6.45, 7) is 3.72. The number of carbonyl (C=O) groups excluding carboxylic acids is 1. The molecule has 0 saturated carbocycles. The molecule has 118 valence electrons. The highest BCUT2D eigenvalue weighted by Crippen LogP contribution is 2.22. The largest absolute Gasteiger partial charge is 0.466 e. The Labute approximate surface area is 134 Å². The third-order valence-electron chi connectivity index (χ3n) is 3.05. The van der Waals surface area contributed by atoms with Gasteiger partial charge in [-0.1, -0.05) is 13.0 Å². The van der Waals surface area contributed by atoms with E-state index in [1.54, 1.807) is 30.8 Å². The van der Waals surface area contributed by atoms with Gasteiger partial charge in [0.2, 0.25) is 0 Å². The molecule has 0 spiro atoms. The Balaban J connectivity index is 1.89. The number of amides is 2. The Kier molecular flexibility index (Phi) is 5.51. The van der Waals surface area contributed by atoms with E-state index >= 15 is 0 Å². The molecule has 1 aromatic carbocycles. The molecule has 22 heavy (non-hydrogen) atoms. The minimum absolute atomic E-state index is 0.0513. The second kappa shape index (κ2) is 7.38. The molecule has 0 bridgehead atoms. The van der Waals surface area contributed by atoms with Crippen LogP contribution in [0.1, 0.15) is 19.6 Å². The zero-order chi connectivity index (χ0) is 16.0. The quantitative estimate of drug-likeness (QED) is 0.713. The Bertz CT molecular complexity index is 612. The molecule has 0 unspecified atom stereocenters. The lowest BCUT2D eigenvalue weighted by Gasteiger charge is -2.21. The maximum atomic E-state index is 11.9. The third kappa shape index (κ3) is 4.54. The number of hydrogen-bond acceptors (Lipinski definition) is 4. The van der Waals surface area contributed by atoms with Crippen molar-refractivity contribution < 1.29 is 14.3 Å². The topological polar surface area (TPSA) is 74.5 Å². The minimum atomic E-state index is -1.25. The van der Waals surface area contributed by atoms with Crippen molar-refractivity contribution in [2.24, 2.45) is 0 Å². The van der Waals surface area contributed by atoms with Gasteiger partial charge in [-0.3, -0.25) is 0 Å². The number of nitrogens with one attached hydrogen (secondary N) is 2. The highest BCUT2D eigenvalue weighted by atomic mass is 32.2.